The summed E-state index contributed by atoms with van der Waals surface area (Å²) in [6.07, 6.45) is 0. The first-order chi connectivity index (χ1) is 9.97. The van der Waals surface area contributed by atoms with Gasteiger partial charge in [0.15, 0.2) is 11.4 Å². The van der Waals surface area contributed by atoms with E-state index in [1.54, 1.807) is 19.2 Å². The molecular formula is C15H9ClFNO3. The summed E-state index contributed by atoms with van der Waals surface area (Å²) in [5.74, 6) is -1.41. The minimum absolute atomic E-state index is 0.117. The molecule has 0 N–H and O–H groups in total. The Morgan fingerprint density at radius 1 is 1.19 bits per heavy atom. The average Bonchev–Trinajstić information content (AvgIpc) is 2.76. The van der Waals surface area contributed by atoms with Gasteiger partial charge in [0.25, 0.3) is 0 Å². The Labute approximate surface area is 123 Å². The molecule has 1 aromatic heterocycles. The van der Waals surface area contributed by atoms with Gasteiger partial charge in [0.05, 0.1) is 10.5 Å². The van der Waals surface area contributed by atoms with Gasteiger partial charge in [0.1, 0.15) is 5.82 Å². The summed E-state index contributed by atoms with van der Waals surface area (Å²) in [6.45, 7) is 0. The molecule has 0 aliphatic heterocycles. The fourth-order valence-electron chi connectivity index (χ4n) is 2.08. The molecule has 0 atom stereocenters. The number of hydrogen-bond acceptors (Lipinski definition) is 3. The zero-order valence-corrected chi connectivity index (χ0v) is 11.6. The normalized spacial score (nSPS) is 11.0. The number of oxazole rings is 1. The van der Waals surface area contributed by atoms with Crippen LogP contribution >= 0.6 is 11.6 Å². The van der Waals surface area contributed by atoms with Gasteiger partial charge in [-0.25, -0.2) is 9.18 Å². The molecule has 0 spiro atoms. The summed E-state index contributed by atoms with van der Waals surface area (Å²) in [7, 11) is 1.58. The van der Waals surface area contributed by atoms with E-state index in [1.165, 1.54) is 22.8 Å². The number of halogens is 2. The van der Waals surface area contributed by atoms with E-state index in [1.807, 2.05) is 0 Å². The summed E-state index contributed by atoms with van der Waals surface area (Å²) >= 11 is 5.67. The number of fused-ring (bicyclic) bond motifs is 1. The number of rotatable bonds is 2. The first kappa shape index (κ1) is 13.6. The van der Waals surface area contributed by atoms with Gasteiger partial charge in [0.2, 0.25) is 0 Å². The van der Waals surface area contributed by atoms with Crippen molar-refractivity contribution in [2.24, 2.45) is 7.05 Å². The monoisotopic (exact) mass is 305 g/mol. The van der Waals surface area contributed by atoms with Crippen LogP contribution in [0.4, 0.5) is 4.39 Å². The van der Waals surface area contributed by atoms with E-state index in [4.69, 9.17) is 16.0 Å². The number of nitrogens with zero attached hydrogens (tertiary/aromatic N) is 1. The molecule has 0 aliphatic carbocycles. The zero-order chi connectivity index (χ0) is 15.1. The third-order valence-corrected chi connectivity index (χ3v) is 3.53. The summed E-state index contributed by atoms with van der Waals surface area (Å²) in [4.78, 5) is 23.8. The summed E-state index contributed by atoms with van der Waals surface area (Å²) < 4.78 is 19.5. The molecule has 0 radical (unpaired) electrons. The molecule has 3 rings (SSSR count). The van der Waals surface area contributed by atoms with E-state index in [0.29, 0.717) is 16.7 Å². The molecule has 21 heavy (non-hydrogen) atoms. The second-order valence-electron chi connectivity index (χ2n) is 4.57. The van der Waals surface area contributed by atoms with Gasteiger partial charge in [-0.2, -0.15) is 0 Å². The largest absolute Gasteiger partial charge is 0.419 e. The van der Waals surface area contributed by atoms with Crippen molar-refractivity contribution < 1.29 is 13.6 Å². The van der Waals surface area contributed by atoms with Crippen LogP contribution in [0.1, 0.15) is 15.9 Å². The first-order valence-corrected chi connectivity index (χ1v) is 6.44. The van der Waals surface area contributed by atoms with Gasteiger partial charge in [-0.15, -0.1) is 0 Å². The number of aromatic nitrogens is 1. The van der Waals surface area contributed by atoms with Crippen LogP contribution in [0.25, 0.3) is 11.1 Å². The van der Waals surface area contributed by atoms with E-state index >= 15 is 0 Å². The SMILES string of the molecule is Cn1c(=O)oc2cc(C(=O)c3ccc(F)c(Cl)c3)ccc21. The molecular weight excluding hydrogens is 297 g/mol. The third kappa shape index (κ3) is 2.25. The lowest BCUT2D eigenvalue weighted by Crippen LogP contribution is -2.08. The molecule has 1 heterocycles. The summed E-state index contributed by atoms with van der Waals surface area (Å²) in [5, 5.41) is -0.117. The summed E-state index contributed by atoms with van der Waals surface area (Å²) in [5.41, 5.74) is 1.51. The quantitative estimate of drug-likeness (QED) is 0.683. The second-order valence-corrected chi connectivity index (χ2v) is 4.97. The van der Waals surface area contributed by atoms with Crippen LogP contribution in [0.5, 0.6) is 0 Å². The topological polar surface area (TPSA) is 52.2 Å². The van der Waals surface area contributed by atoms with Crippen LogP contribution < -0.4 is 5.76 Å². The number of carbonyl (C=O) groups is 1. The van der Waals surface area contributed by atoms with Gasteiger partial charge in [-0.1, -0.05) is 11.6 Å². The molecule has 0 unspecified atom stereocenters. The van der Waals surface area contributed by atoms with Gasteiger partial charge < -0.3 is 4.42 Å². The maximum atomic E-state index is 13.1. The maximum absolute atomic E-state index is 13.1. The van der Waals surface area contributed by atoms with E-state index in [-0.39, 0.29) is 16.4 Å². The molecule has 0 fully saturated rings. The van der Waals surface area contributed by atoms with Crippen LogP contribution in [-0.4, -0.2) is 10.4 Å². The molecule has 0 bridgehead atoms. The molecule has 0 saturated heterocycles. The van der Waals surface area contributed by atoms with Crippen molar-refractivity contribution in [1.29, 1.82) is 0 Å². The minimum Gasteiger partial charge on any atom is -0.408 e. The lowest BCUT2D eigenvalue weighted by Gasteiger charge is -2.02. The van der Waals surface area contributed by atoms with Crippen LogP contribution in [0.2, 0.25) is 5.02 Å². The molecule has 0 aliphatic rings. The fraction of sp³-hybridized carbons (Fsp3) is 0.0667. The molecule has 2 aromatic carbocycles. The van der Waals surface area contributed by atoms with Gasteiger partial charge in [-0.3, -0.25) is 9.36 Å². The van der Waals surface area contributed by atoms with Crippen molar-refractivity contribution in [2.75, 3.05) is 0 Å². The average molecular weight is 306 g/mol. The predicted molar refractivity (Wildman–Crippen MR) is 76.3 cm³/mol. The van der Waals surface area contributed by atoms with E-state index < -0.39 is 11.6 Å². The Bertz CT molecular complexity index is 926. The fourth-order valence-corrected chi connectivity index (χ4v) is 2.26. The smallest absolute Gasteiger partial charge is 0.408 e. The molecule has 106 valence electrons. The Balaban J connectivity index is 2.09. The number of hydrogen-bond donors (Lipinski definition) is 0. The van der Waals surface area contributed by atoms with E-state index in [0.717, 1.165) is 6.07 Å². The van der Waals surface area contributed by atoms with Crippen molar-refractivity contribution in [3.8, 4) is 0 Å². The zero-order valence-electron chi connectivity index (χ0n) is 10.9. The Kier molecular flexibility index (Phi) is 3.14. The van der Waals surface area contributed by atoms with Crippen molar-refractivity contribution >= 4 is 28.5 Å². The number of aryl methyl sites for hydroxylation is 1. The molecule has 0 amide bonds. The van der Waals surface area contributed by atoms with E-state index in [9.17, 15) is 14.0 Å². The highest BCUT2D eigenvalue weighted by molar-refractivity contribution is 6.31. The van der Waals surface area contributed by atoms with Crippen molar-refractivity contribution in [2.45, 2.75) is 0 Å². The van der Waals surface area contributed by atoms with Gasteiger partial charge in [0, 0.05) is 18.2 Å². The van der Waals surface area contributed by atoms with Gasteiger partial charge >= 0.3 is 5.76 Å². The first-order valence-electron chi connectivity index (χ1n) is 6.06. The second kappa shape index (κ2) is 4.86. The molecule has 4 nitrogen and oxygen atoms in total. The molecule has 3 aromatic rings. The minimum atomic E-state index is -0.585. The number of ketones is 1. The Morgan fingerprint density at radius 3 is 2.57 bits per heavy atom. The van der Waals surface area contributed by atoms with Crippen LogP contribution in [0.15, 0.2) is 45.6 Å². The Hall–Kier alpha value is -2.40. The van der Waals surface area contributed by atoms with Crippen LogP contribution in [0.3, 0.4) is 0 Å². The molecule has 6 heteroatoms. The highest BCUT2D eigenvalue weighted by Crippen LogP contribution is 2.21. The highest BCUT2D eigenvalue weighted by Gasteiger charge is 2.14. The van der Waals surface area contributed by atoms with E-state index in [2.05, 4.69) is 0 Å². The number of carbonyl (C=O) groups excluding carboxylic acids is 1. The maximum Gasteiger partial charge on any atom is 0.419 e. The van der Waals surface area contributed by atoms with Crippen LogP contribution in [-0.2, 0) is 7.05 Å². The van der Waals surface area contributed by atoms with Crippen LogP contribution in [0, 0.1) is 5.82 Å². The van der Waals surface area contributed by atoms with Crippen molar-refractivity contribution in [3.05, 3.63) is 68.9 Å². The highest BCUT2D eigenvalue weighted by atomic mass is 35.5. The Morgan fingerprint density at radius 2 is 1.86 bits per heavy atom. The van der Waals surface area contributed by atoms with Gasteiger partial charge in [-0.05, 0) is 36.4 Å². The lowest BCUT2D eigenvalue weighted by atomic mass is 10.0. The standard InChI is InChI=1S/C15H9ClFNO3/c1-18-12-5-3-9(7-13(12)21-15(18)20)14(19)8-2-4-11(17)10(16)6-8/h2-7H,1H3. The third-order valence-electron chi connectivity index (χ3n) is 3.24. The van der Waals surface area contributed by atoms with Crippen molar-refractivity contribution in [3.63, 3.8) is 0 Å². The predicted octanol–water partition coefficient (Wildman–Crippen LogP) is 3.16. The number of benzene rings is 2. The summed E-state index contributed by atoms with van der Waals surface area (Å²) in [6, 6.07) is 8.45. The molecule has 0 saturated carbocycles. The lowest BCUT2D eigenvalue weighted by molar-refractivity contribution is 0.103. The van der Waals surface area contributed by atoms with Crippen molar-refractivity contribution in [1.82, 2.24) is 4.57 Å².